The van der Waals surface area contributed by atoms with Crippen molar-refractivity contribution in [3.8, 4) is 0 Å². The number of carbonyl (C=O) groups excluding carboxylic acids is 2. The van der Waals surface area contributed by atoms with Gasteiger partial charge < -0.3 is 18.5 Å². The van der Waals surface area contributed by atoms with Crippen LogP contribution in [0.3, 0.4) is 0 Å². The lowest BCUT2D eigenvalue weighted by Gasteiger charge is -2.31. The molecule has 11 heteroatoms. The van der Waals surface area contributed by atoms with Gasteiger partial charge in [-0.15, -0.1) is 0 Å². The molecule has 0 aliphatic heterocycles. The van der Waals surface area contributed by atoms with Crippen LogP contribution in [-0.4, -0.2) is 104 Å². The first-order chi connectivity index (χ1) is 14.6. The number of quaternary nitrogens is 1. The average Bonchev–Trinajstić information content (AvgIpc) is 2.67. The number of nitrogens with zero attached hydrogens (tertiary/aromatic N) is 2. The van der Waals surface area contributed by atoms with Gasteiger partial charge in [0.25, 0.3) is 10.1 Å². The largest absolute Gasteiger partial charge is 0.459 e. The van der Waals surface area contributed by atoms with Gasteiger partial charge in [0, 0.05) is 33.0 Å². The number of esters is 1. The van der Waals surface area contributed by atoms with Crippen molar-refractivity contribution in [3.63, 3.8) is 0 Å². The highest BCUT2D eigenvalue weighted by Crippen LogP contribution is 2.30. The third kappa shape index (κ3) is 13.5. The maximum atomic E-state index is 12.8. The van der Waals surface area contributed by atoms with Crippen LogP contribution < -0.4 is 0 Å². The van der Waals surface area contributed by atoms with E-state index in [1.807, 2.05) is 21.0 Å². The minimum atomic E-state index is -3.97. The highest BCUT2D eigenvalue weighted by molar-refractivity contribution is 7.85. The fraction of sp³-hybridized carbons (Fsp3) is 0.905. The first-order valence-electron chi connectivity index (χ1n) is 11.1. The van der Waals surface area contributed by atoms with Crippen LogP contribution >= 0.6 is 0 Å². The highest BCUT2D eigenvalue weighted by Gasteiger charge is 2.35. The van der Waals surface area contributed by atoms with Crippen LogP contribution in [0.5, 0.6) is 0 Å². The Bertz CT molecular complexity index is 684. The molecule has 0 fully saturated rings. The maximum absolute atomic E-state index is 12.8. The van der Waals surface area contributed by atoms with Crippen molar-refractivity contribution in [2.45, 2.75) is 52.5 Å². The van der Waals surface area contributed by atoms with Crippen LogP contribution in [0.15, 0.2) is 0 Å². The normalized spacial score (nSPS) is 13.6. The monoisotopic (exact) mass is 495 g/mol. The Labute approximate surface area is 197 Å². The Kier molecular flexibility index (Phi) is 13.8. The maximum Gasteiger partial charge on any atom is 0.311 e. The Morgan fingerprint density at radius 3 is 2.34 bits per heavy atom. The van der Waals surface area contributed by atoms with Crippen molar-refractivity contribution >= 4 is 31.8 Å². The van der Waals surface area contributed by atoms with E-state index in [4.69, 9.17) is 13.7 Å². The standard InChI is InChI=1S/C21H42N2O7SSi/c1-8-18(19(24)22(4)11-9-16-32-29-7)17-21(2,3)20(25)30-14-13-23(5,6)12-10-15-31(26,27)28/h18H,8-17H2,1-7H3/p+1. The fourth-order valence-corrected chi connectivity index (χ4v) is 4.39. The summed E-state index contributed by atoms with van der Waals surface area (Å²) in [5, 5.41) is 0. The van der Waals surface area contributed by atoms with Crippen molar-refractivity contribution in [2.24, 2.45) is 11.3 Å². The second-order valence-electron chi connectivity index (χ2n) is 9.56. The predicted octanol–water partition coefficient (Wildman–Crippen LogP) is 1.86. The Morgan fingerprint density at radius 2 is 1.81 bits per heavy atom. The third-order valence-electron chi connectivity index (χ3n) is 5.54. The van der Waals surface area contributed by atoms with Gasteiger partial charge in [-0.25, -0.2) is 0 Å². The predicted molar refractivity (Wildman–Crippen MR) is 126 cm³/mol. The number of amides is 1. The Morgan fingerprint density at radius 1 is 1.19 bits per heavy atom. The number of ether oxygens (including phenoxy) is 1. The highest BCUT2D eigenvalue weighted by atomic mass is 32.2. The van der Waals surface area contributed by atoms with Gasteiger partial charge in [0.2, 0.25) is 15.7 Å². The SMILES string of the molecule is CCC(CC(C)(C)C(=O)OCC[N+](C)(C)CCCS(=O)(=O)O)C(=O)N(C)CCC[Si]OC. The molecule has 0 saturated carbocycles. The van der Waals surface area contributed by atoms with Crippen molar-refractivity contribution in [1.29, 1.82) is 0 Å². The summed E-state index contributed by atoms with van der Waals surface area (Å²) in [6.45, 7) is 7.48. The molecular weight excluding hydrogens is 452 g/mol. The quantitative estimate of drug-likeness (QED) is 0.108. The fourth-order valence-electron chi connectivity index (χ4n) is 3.39. The molecule has 1 amide bonds. The molecule has 0 aromatic heterocycles. The molecule has 0 aliphatic carbocycles. The van der Waals surface area contributed by atoms with Gasteiger partial charge in [0.15, 0.2) is 0 Å². The molecule has 0 aromatic carbocycles. The molecule has 1 N–H and O–H groups in total. The van der Waals surface area contributed by atoms with Crippen LogP contribution in [0.1, 0.15) is 46.5 Å². The minimum Gasteiger partial charge on any atom is -0.459 e. The number of likely N-dealkylation sites (N-methyl/N-ethyl adjacent to an activating group) is 1. The lowest BCUT2D eigenvalue weighted by Crippen LogP contribution is -2.44. The molecule has 0 aliphatic rings. The summed E-state index contributed by atoms with van der Waals surface area (Å²) in [6, 6.07) is 0.924. The molecule has 32 heavy (non-hydrogen) atoms. The minimum absolute atomic E-state index is 0.0470. The van der Waals surface area contributed by atoms with Crippen LogP contribution in [0.25, 0.3) is 0 Å². The summed E-state index contributed by atoms with van der Waals surface area (Å²) in [6.07, 6.45) is 2.27. The molecular formula is C21H43N2O7SSi+. The Balaban J connectivity index is 4.63. The molecule has 0 rings (SSSR count). The number of rotatable bonds is 17. The summed E-state index contributed by atoms with van der Waals surface area (Å²) in [4.78, 5) is 27.3. The number of hydrogen-bond donors (Lipinski definition) is 1. The average molecular weight is 496 g/mol. The Hall–Kier alpha value is -1.01. The molecule has 188 valence electrons. The molecule has 1 atom stereocenters. The van der Waals surface area contributed by atoms with Crippen LogP contribution in [0.2, 0.25) is 6.04 Å². The van der Waals surface area contributed by atoms with E-state index in [1.54, 1.807) is 32.9 Å². The number of carbonyl (C=O) groups is 2. The van der Waals surface area contributed by atoms with Crippen LogP contribution in [-0.2, 0) is 28.9 Å². The van der Waals surface area contributed by atoms with E-state index in [0.717, 1.165) is 12.5 Å². The van der Waals surface area contributed by atoms with E-state index in [-0.39, 0.29) is 30.2 Å². The zero-order chi connectivity index (χ0) is 25.0. The van der Waals surface area contributed by atoms with E-state index >= 15 is 0 Å². The van der Waals surface area contributed by atoms with Gasteiger partial charge in [0.1, 0.15) is 13.2 Å². The second-order valence-corrected chi connectivity index (χ2v) is 12.3. The van der Waals surface area contributed by atoms with Gasteiger partial charge >= 0.3 is 5.97 Å². The zero-order valence-electron chi connectivity index (χ0n) is 20.8. The van der Waals surface area contributed by atoms with E-state index in [1.165, 1.54) is 0 Å². The van der Waals surface area contributed by atoms with Crippen LogP contribution in [0.4, 0.5) is 0 Å². The van der Waals surface area contributed by atoms with E-state index < -0.39 is 15.5 Å². The zero-order valence-corrected chi connectivity index (χ0v) is 22.7. The van der Waals surface area contributed by atoms with Crippen molar-refractivity contribution in [1.82, 2.24) is 4.90 Å². The van der Waals surface area contributed by atoms with E-state index in [0.29, 0.717) is 53.1 Å². The van der Waals surface area contributed by atoms with Crippen molar-refractivity contribution in [3.05, 3.63) is 0 Å². The molecule has 1 unspecified atom stereocenters. The van der Waals surface area contributed by atoms with Crippen LogP contribution in [0, 0.1) is 11.3 Å². The second kappa shape index (κ2) is 14.3. The third-order valence-corrected chi connectivity index (χ3v) is 7.19. The van der Waals surface area contributed by atoms with Crippen molar-refractivity contribution < 1.29 is 36.2 Å². The lowest BCUT2D eigenvalue weighted by atomic mass is 9.81. The number of hydrogen-bond acceptors (Lipinski definition) is 6. The van der Waals surface area contributed by atoms with Gasteiger partial charge in [-0.2, -0.15) is 8.42 Å². The van der Waals surface area contributed by atoms with Gasteiger partial charge in [-0.05, 0) is 39.2 Å². The molecule has 0 heterocycles. The summed E-state index contributed by atoms with van der Waals surface area (Å²) < 4.78 is 41.6. The summed E-state index contributed by atoms with van der Waals surface area (Å²) in [5.74, 6) is -0.828. The van der Waals surface area contributed by atoms with E-state index in [9.17, 15) is 18.0 Å². The molecule has 9 nitrogen and oxygen atoms in total. The molecule has 2 radical (unpaired) electrons. The summed E-state index contributed by atoms with van der Waals surface area (Å²) in [5.41, 5.74) is -0.795. The molecule has 0 bridgehead atoms. The van der Waals surface area contributed by atoms with Gasteiger partial charge in [0.05, 0.1) is 31.8 Å². The first-order valence-corrected chi connectivity index (χ1v) is 13.8. The summed E-state index contributed by atoms with van der Waals surface area (Å²) >= 11 is 0. The molecule has 0 aromatic rings. The van der Waals surface area contributed by atoms with Crippen molar-refractivity contribution in [2.75, 3.05) is 60.2 Å². The molecule has 0 spiro atoms. The topological polar surface area (TPSA) is 110 Å². The molecule has 0 saturated heterocycles. The van der Waals surface area contributed by atoms with Gasteiger partial charge in [-0.1, -0.05) is 6.92 Å². The van der Waals surface area contributed by atoms with Gasteiger partial charge in [-0.3, -0.25) is 14.1 Å². The smallest absolute Gasteiger partial charge is 0.311 e. The van der Waals surface area contributed by atoms with E-state index in [2.05, 4.69) is 0 Å². The summed E-state index contributed by atoms with van der Waals surface area (Å²) in [7, 11) is 3.78. The first kappa shape index (κ1) is 31.0. The lowest BCUT2D eigenvalue weighted by molar-refractivity contribution is -0.890.